The summed E-state index contributed by atoms with van der Waals surface area (Å²) in [7, 11) is 0.588. The van der Waals surface area contributed by atoms with Crippen molar-refractivity contribution in [2.75, 3.05) is 0 Å². The summed E-state index contributed by atoms with van der Waals surface area (Å²) >= 11 is 0. The van der Waals surface area contributed by atoms with E-state index in [1.165, 1.54) is 12.8 Å². The standard InChI is InChI=1S/C6H16B.K/c1-4-5-6(2,3)7;/h4-5H2,1-3,7H3;/q-1;+1. The Kier molecular flexibility index (Phi) is 8.49. The number of hydrogen-bond acceptors (Lipinski definition) is 0. The van der Waals surface area contributed by atoms with Gasteiger partial charge in [0.2, 0.25) is 0 Å². The van der Waals surface area contributed by atoms with Gasteiger partial charge in [0.15, 0.2) is 0 Å². The van der Waals surface area contributed by atoms with E-state index in [2.05, 4.69) is 20.8 Å². The maximum atomic E-state index is 2.39. The third kappa shape index (κ3) is 10.6. The molecule has 0 fully saturated rings. The molecule has 0 N–H and O–H groups in total. The van der Waals surface area contributed by atoms with Gasteiger partial charge in [0.25, 0.3) is 0 Å². The molecule has 44 valence electrons. The topological polar surface area (TPSA) is 0 Å². The first-order valence-corrected chi connectivity index (χ1v) is 2.56. The molecule has 0 radical (unpaired) electrons. The Morgan fingerprint density at radius 1 is 1.38 bits per heavy atom. The van der Waals surface area contributed by atoms with Crippen LogP contribution in [0.25, 0.3) is 0 Å². The molecule has 2 heteroatoms. The Labute approximate surface area is 96.6 Å². The first-order valence-electron chi connectivity index (χ1n) is 2.56. The van der Waals surface area contributed by atoms with Crippen molar-refractivity contribution in [2.45, 2.75) is 38.9 Å². The van der Waals surface area contributed by atoms with Gasteiger partial charge < -0.3 is 0 Å². The SMILES string of the molecule is [BH3-]C(C)(C)CCC.[K+]. The minimum Gasteiger partial charge on any atom is -0.170 e. The Balaban J connectivity index is 0. The van der Waals surface area contributed by atoms with Crippen LogP contribution in [0.15, 0.2) is 0 Å². The van der Waals surface area contributed by atoms with E-state index in [1.807, 2.05) is 0 Å². The van der Waals surface area contributed by atoms with Crippen LogP contribution in [-0.4, -0.2) is 7.85 Å². The molecule has 0 spiro atoms. The van der Waals surface area contributed by atoms with E-state index in [-0.39, 0.29) is 51.4 Å². The molecule has 0 aliphatic rings. The van der Waals surface area contributed by atoms with Crippen LogP contribution < -0.4 is 51.4 Å². The van der Waals surface area contributed by atoms with Gasteiger partial charge in [-0.2, -0.15) is 5.31 Å². The van der Waals surface area contributed by atoms with E-state index < -0.39 is 0 Å². The fourth-order valence-electron chi connectivity index (χ4n) is 0.500. The molecule has 0 atom stereocenters. The molecule has 0 saturated carbocycles. The van der Waals surface area contributed by atoms with E-state index in [9.17, 15) is 0 Å². The van der Waals surface area contributed by atoms with Crippen LogP contribution in [-0.2, 0) is 0 Å². The van der Waals surface area contributed by atoms with Gasteiger partial charge in [-0.25, -0.2) is 0 Å². The van der Waals surface area contributed by atoms with Gasteiger partial charge in [0.05, 0.1) is 0 Å². The second-order valence-corrected chi connectivity index (χ2v) is 1.96. The maximum Gasteiger partial charge on any atom is 1.00 e. The Morgan fingerprint density at radius 2 is 1.75 bits per heavy atom. The summed E-state index contributed by atoms with van der Waals surface area (Å²) < 4.78 is 0. The number of hydrogen-bond donors (Lipinski definition) is 0. The zero-order valence-corrected chi connectivity index (χ0v) is 9.04. The van der Waals surface area contributed by atoms with Crippen LogP contribution in [0, 0.1) is 0 Å². The Morgan fingerprint density at radius 3 is 1.75 bits per heavy atom. The summed E-state index contributed by atoms with van der Waals surface area (Å²) in [5.41, 5.74) is 0. The molecule has 0 aromatic carbocycles. The van der Waals surface area contributed by atoms with Crippen LogP contribution in [0.5, 0.6) is 0 Å². The monoisotopic (exact) mass is 138 g/mol. The molecule has 8 heavy (non-hydrogen) atoms. The molecule has 0 saturated heterocycles. The molecule has 0 aromatic heterocycles. The van der Waals surface area contributed by atoms with Gasteiger partial charge in [-0.15, -0.1) is 0 Å². The molecule has 0 aromatic rings. The van der Waals surface area contributed by atoms with E-state index in [1.54, 1.807) is 0 Å². The fraction of sp³-hybridized carbons (Fsp3) is 1.00. The molecule has 0 heterocycles. The molecule has 0 unspecified atom stereocenters. The van der Waals surface area contributed by atoms with Crippen LogP contribution in [0.4, 0.5) is 0 Å². The average molecular weight is 138 g/mol. The van der Waals surface area contributed by atoms with Crippen molar-refractivity contribution >= 4 is 7.85 Å². The summed E-state index contributed by atoms with van der Waals surface area (Å²) in [5.74, 6) is 0. The third-order valence-corrected chi connectivity index (χ3v) is 0.750. The van der Waals surface area contributed by atoms with E-state index >= 15 is 0 Å². The predicted octanol–water partition coefficient (Wildman–Crippen LogP) is -1.65. The molecular weight excluding hydrogens is 122 g/mol. The summed E-state index contributed by atoms with van der Waals surface area (Å²) in [6, 6.07) is 0. The van der Waals surface area contributed by atoms with Gasteiger partial charge in [0.1, 0.15) is 0 Å². The largest absolute Gasteiger partial charge is 1.00 e. The summed E-state index contributed by atoms with van der Waals surface area (Å²) in [4.78, 5) is 0. The van der Waals surface area contributed by atoms with Crippen LogP contribution in [0.2, 0.25) is 5.31 Å². The fourth-order valence-corrected chi connectivity index (χ4v) is 0.500. The molecule has 0 bridgehead atoms. The van der Waals surface area contributed by atoms with Crippen molar-refractivity contribution in [3.05, 3.63) is 0 Å². The van der Waals surface area contributed by atoms with Crippen molar-refractivity contribution in [1.82, 2.24) is 0 Å². The predicted molar refractivity (Wildman–Crippen MR) is 38.9 cm³/mol. The Bertz CT molecular complexity index is 47.0. The maximum absolute atomic E-state index is 2.39. The van der Waals surface area contributed by atoms with E-state index in [0.29, 0.717) is 7.85 Å². The van der Waals surface area contributed by atoms with Crippen molar-refractivity contribution in [3.63, 3.8) is 0 Å². The zero-order chi connectivity index (χ0) is 5.91. The summed E-state index contributed by atoms with van der Waals surface area (Å²) in [6.45, 7) is 7.04. The molecular formula is C6H16BK. The van der Waals surface area contributed by atoms with Gasteiger partial charge >= 0.3 is 51.4 Å². The minimum atomic E-state index is 0. The summed E-state index contributed by atoms with van der Waals surface area (Å²) in [6.07, 6.45) is 2.82. The van der Waals surface area contributed by atoms with Gasteiger partial charge in [-0.3, -0.25) is 0 Å². The first kappa shape index (κ1) is 12.4. The Hall–Kier alpha value is 1.70. The van der Waals surface area contributed by atoms with Crippen LogP contribution in [0.3, 0.4) is 0 Å². The quantitative estimate of drug-likeness (QED) is 0.401. The van der Waals surface area contributed by atoms with Crippen LogP contribution >= 0.6 is 0 Å². The van der Waals surface area contributed by atoms with Gasteiger partial charge in [-0.05, 0) is 7.85 Å². The third-order valence-electron chi connectivity index (χ3n) is 0.750. The smallest absolute Gasteiger partial charge is 0.170 e. The molecule has 0 amide bonds. The zero-order valence-electron chi connectivity index (χ0n) is 5.91. The van der Waals surface area contributed by atoms with E-state index in [0.717, 1.165) is 5.31 Å². The molecule has 0 aliphatic carbocycles. The normalized spacial score (nSPS) is 10.5. The van der Waals surface area contributed by atoms with Crippen molar-refractivity contribution in [2.24, 2.45) is 0 Å². The second-order valence-electron chi connectivity index (χ2n) is 1.96. The molecule has 0 nitrogen and oxygen atoms in total. The molecule has 0 rings (SSSR count). The molecule has 0 aliphatic heterocycles. The minimum absolute atomic E-state index is 0. The van der Waals surface area contributed by atoms with Crippen molar-refractivity contribution < 1.29 is 51.4 Å². The van der Waals surface area contributed by atoms with Gasteiger partial charge in [0, 0.05) is 0 Å². The van der Waals surface area contributed by atoms with Crippen molar-refractivity contribution in [3.8, 4) is 0 Å². The van der Waals surface area contributed by atoms with E-state index in [4.69, 9.17) is 0 Å². The first-order chi connectivity index (χ1) is 3.06. The van der Waals surface area contributed by atoms with Crippen molar-refractivity contribution in [1.29, 1.82) is 0 Å². The second kappa shape index (κ2) is 5.48. The summed E-state index contributed by atoms with van der Waals surface area (Å²) in [5, 5.41) is 0.800. The number of rotatable bonds is 2. The average Bonchev–Trinajstić information content (AvgIpc) is 1.30. The van der Waals surface area contributed by atoms with Crippen LogP contribution in [0.1, 0.15) is 33.6 Å². The van der Waals surface area contributed by atoms with Gasteiger partial charge in [-0.1, -0.05) is 33.6 Å².